The fourth-order valence-corrected chi connectivity index (χ4v) is 2.45. The molecule has 1 heteroatoms. The van der Waals surface area contributed by atoms with E-state index in [0.717, 1.165) is 25.7 Å². The van der Waals surface area contributed by atoms with Crippen LogP contribution in [0.3, 0.4) is 0 Å². The first-order valence-corrected chi connectivity index (χ1v) is 4.47. The Morgan fingerprint density at radius 1 is 1.64 bits per heavy atom. The molecule has 0 aromatic heterocycles. The average Bonchev–Trinajstić information content (AvgIpc) is 2.56. The van der Waals surface area contributed by atoms with Crippen molar-refractivity contribution in [2.24, 2.45) is 11.3 Å². The average molecular weight is 150 g/mol. The van der Waals surface area contributed by atoms with Crippen molar-refractivity contribution in [1.29, 1.82) is 0 Å². The molecule has 0 radical (unpaired) electrons. The molecule has 1 saturated carbocycles. The first kappa shape index (κ1) is 7.08. The normalized spacial score (nSPS) is 42.6. The predicted molar refractivity (Wildman–Crippen MR) is 44.2 cm³/mol. The summed E-state index contributed by atoms with van der Waals surface area (Å²) in [5.41, 5.74) is -0.0139. The summed E-state index contributed by atoms with van der Waals surface area (Å²) < 4.78 is 0. The minimum Gasteiger partial charge on any atom is -0.299 e. The van der Waals surface area contributed by atoms with E-state index >= 15 is 0 Å². The second-order valence-electron chi connectivity index (χ2n) is 3.84. The number of carbonyl (C=O) groups excluding carboxylic acids is 1. The van der Waals surface area contributed by atoms with Crippen molar-refractivity contribution in [3.63, 3.8) is 0 Å². The summed E-state index contributed by atoms with van der Waals surface area (Å²) >= 11 is 0. The van der Waals surface area contributed by atoms with Gasteiger partial charge in [0.05, 0.1) is 0 Å². The minimum absolute atomic E-state index is 0.0139. The van der Waals surface area contributed by atoms with Crippen LogP contribution in [0.25, 0.3) is 0 Å². The van der Waals surface area contributed by atoms with Gasteiger partial charge in [-0.1, -0.05) is 19.1 Å². The zero-order valence-corrected chi connectivity index (χ0v) is 6.97. The Bertz CT molecular complexity index is 217. The van der Waals surface area contributed by atoms with Crippen LogP contribution in [0.4, 0.5) is 0 Å². The van der Waals surface area contributed by atoms with Gasteiger partial charge in [-0.25, -0.2) is 0 Å². The lowest BCUT2D eigenvalue weighted by atomic mass is 9.78. The molecule has 2 unspecified atom stereocenters. The van der Waals surface area contributed by atoms with Gasteiger partial charge in [0.15, 0.2) is 0 Å². The van der Waals surface area contributed by atoms with Crippen molar-refractivity contribution in [1.82, 2.24) is 0 Å². The van der Waals surface area contributed by atoms with E-state index < -0.39 is 0 Å². The molecule has 1 spiro atoms. The van der Waals surface area contributed by atoms with Crippen LogP contribution >= 0.6 is 0 Å². The second kappa shape index (κ2) is 2.20. The number of rotatable bonds is 0. The summed E-state index contributed by atoms with van der Waals surface area (Å²) in [5.74, 6) is 1.08. The largest absolute Gasteiger partial charge is 0.299 e. The maximum atomic E-state index is 11.6. The highest BCUT2D eigenvalue weighted by Crippen LogP contribution is 2.47. The fraction of sp³-hybridized carbons (Fsp3) is 0.700. The summed E-state index contributed by atoms with van der Waals surface area (Å²) in [4.78, 5) is 11.6. The van der Waals surface area contributed by atoms with Crippen LogP contribution in [0, 0.1) is 11.3 Å². The SMILES string of the molecule is CC1CCC(=O)C12C=CCC2. The van der Waals surface area contributed by atoms with Crippen LogP contribution in [0.1, 0.15) is 32.6 Å². The number of ketones is 1. The van der Waals surface area contributed by atoms with Gasteiger partial charge in [0.25, 0.3) is 0 Å². The van der Waals surface area contributed by atoms with Gasteiger partial charge in [0.1, 0.15) is 5.78 Å². The second-order valence-corrected chi connectivity index (χ2v) is 3.84. The maximum Gasteiger partial charge on any atom is 0.143 e. The molecule has 1 nitrogen and oxygen atoms in total. The van der Waals surface area contributed by atoms with Crippen LogP contribution in [-0.2, 0) is 4.79 Å². The van der Waals surface area contributed by atoms with E-state index in [1.54, 1.807) is 0 Å². The summed E-state index contributed by atoms with van der Waals surface area (Å²) in [6.45, 7) is 2.21. The maximum absolute atomic E-state index is 11.6. The van der Waals surface area contributed by atoms with E-state index in [1.807, 2.05) is 0 Å². The van der Waals surface area contributed by atoms with Crippen molar-refractivity contribution < 1.29 is 4.79 Å². The quantitative estimate of drug-likeness (QED) is 0.484. The molecule has 0 N–H and O–H groups in total. The third kappa shape index (κ3) is 0.800. The topological polar surface area (TPSA) is 17.1 Å². The molecular weight excluding hydrogens is 136 g/mol. The number of hydrogen-bond donors (Lipinski definition) is 0. The molecule has 60 valence electrons. The van der Waals surface area contributed by atoms with Crippen molar-refractivity contribution in [2.45, 2.75) is 32.6 Å². The van der Waals surface area contributed by atoms with Gasteiger partial charge in [-0.3, -0.25) is 4.79 Å². The highest BCUT2D eigenvalue weighted by atomic mass is 16.1. The number of carbonyl (C=O) groups is 1. The molecule has 11 heavy (non-hydrogen) atoms. The van der Waals surface area contributed by atoms with Crippen LogP contribution in [-0.4, -0.2) is 5.78 Å². The summed E-state index contributed by atoms with van der Waals surface area (Å²) in [7, 11) is 0. The van der Waals surface area contributed by atoms with E-state index in [0.29, 0.717) is 11.7 Å². The number of Topliss-reactive ketones (excluding diaryl/α,β-unsaturated/α-hetero) is 1. The van der Waals surface area contributed by atoms with Gasteiger partial charge in [-0.2, -0.15) is 0 Å². The number of allylic oxidation sites excluding steroid dienone is 2. The molecule has 0 heterocycles. The minimum atomic E-state index is -0.0139. The Morgan fingerprint density at radius 3 is 2.91 bits per heavy atom. The Morgan fingerprint density at radius 2 is 2.45 bits per heavy atom. The van der Waals surface area contributed by atoms with Gasteiger partial charge in [0.2, 0.25) is 0 Å². The van der Waals surface area contributed by atoms with E-state index in [-0.39, 0.29) is 5.41 Å². The lowest BCUT2D eigenvalue weighted by Gasteiger charge is -2.24. The monoisotopic (exact) mass is 150 g/mol. The zero-order valence-electron chi connectivity index (χ0n) is 6.97. The Kier molecular flexibility index (Phi) is 1.41. The molecule has 2 aliphatic carbocycles. The van der Waals surface area contributed by atoms with E-state index in [1.165, 1.54) is 0 Å². The van der Waals surface area contributed by atoms with Crippen LogP contribution in [0.5, 0.6) is 0 Å². The molecule has 2 atom stereocenters. The van der Waals surface area contributed by atoms with Crippen molar-refractivity contribution >= 4 is 5.78 Å². The van der Waals surface area contributed by atoms with E-state index in [2.05, 4.69) is 19.1 Å². The van der Waals surface area contributed by atoms with Crippen LogP contribution in [0.2, 0.25) is 0 Å². The highest BCUT2D eigenvalue weighted by Gasteiger charge is 2.46. The lowest BCUT2D eigenvalue weighted by molar-refractivity contribution is -0.124. The third-order valence-corrected chi connectivity index (χ3v) is 3.34. The molecule has 0 bridgehead atoms. The van der Waals surface area contributed by atoms with E-state index in [9.17, 15) is 4.79 Å². The molecule has 1 fully saturated rings. The standard InChI is InChI=1S/C10H14O/c1-8-4-5-9(11)10(8)6-2-3-7-10/h2,6,8H,3-5,7H2,1H3. The summed E-state index contributed by atoms with van der Waals surface area (Å²) in [6.07, 6.45) is 8.42. The molecule has 0 aliphatic heterocycles. The number of hydrogen-bond acceptors (Lipinski definition) is 1. The first-order chi connectivity index (χ1) is 5.26. The first-order valence-electron chi connectivity index (χ1n) is 4.47. The molecule has 0 aromatic rings. The van der Waals surface area contributed by atoms with Gasteiger partial charge in [0, 0.05) is 11.8 Å². The molecule has 0 amide bonds. The highest BCUT2D eigenvalue weighted by molar-refractivity contribution is 5.89. The van der Waals surface area contributed by atoms with Gasteiger partial charge < -0.3 is 0 Å². The Labute approximate surface area is 67.5 Å². The van der Waals surface area contributed by atoms with Crippen LogP contribution in [0.15, 0.2) is 12.2 Å². The summed E-state index contributed by atoms with van der Waals surface area (Å²) in [6, 6.07) is 0. The van der Waals surface area contributed by atoms with Crippen molar-refractivity contribution in [2.75, 3.05) is 0 Å². The predicted octanol–water partition coefficient (Wildman–Crippen LogP) is 2.32. The lowest BCUT2D eigenvalue weighted by Crippen LogP contribution is -2.26. The fourth-order valence-electron chi connectivity index (χ4n) is 2.45. The van der Waals surface area contributed by atoms with Gasteiger partial charge >= 0.3 is 0 Å². The Balaban J connectivity index is 2.34. The zero-order chi connectivity index (χ0) is 7.90. The molecule has 0 aromatic carbocycles. The molecule has 0 saturated heterocycles. The summed E-state index contributed by atoms with van der Waals surface area (Å²) in [5, 5.41) is 0. The Hall–Kier alpha value is -0.590. The van der Waals surface area contributed by atoms with Crippen molar-refractivity contribution in [3.05, 3.63) is 12.2 Å². The smallest absolute Gasteiger partial charge is 0.143 e. The van der Waals surface area contributed by atoms with Crippen molar-refractivity contribution in [3.8, 4) is 0 Å². The van der Waals surface area contributed by atoms with Gasteiger partial charge in [-0.05, 0) is 25.2 Å². The molecule has 2 aliphatic rings. The molecular formula is C10H14O. The third-order valence-electron chi connectivity index (χ3n) is 3.34. The van der Waals surface area contributed by atoms with Crippen LogP contribution < -0.4 is 0 Å². The molecule has 2 rings (SSSR count). The van der Waals surface area contributed by atoms with E-state index in [4.69, 9.17) is 0 Å². The van der Waals surface area contributed by atoms with Gasteiger partial charge in [-0.15, -0.1) is 0 Å².